The second-order valence-electron chi connectivity index (χ2n) is 4.69. The Morgan fingerprint density at radius 2 is 1.80 bits per heavy atom. The SMILES string of the molecule is CNC(C)c1cnn(C(C)C)c1C(C)C. The van der Waals surface area contributed by atoms with E-state index in [4.69, 9.17) is 0 Å². The van der Waals surface area contributed by atoms with Crippen molar-refractivity contribution in [1.29, 1.82) is 0 Å². The summed E-state index contributed by atoms with van der Waals surface area (Å²) in [5.74, 6) is 0.515. The average Bonchev–Trinajstić information content (AvgIpc) is 2.60. The minimum atomic E-state index is 0.370. The van der Waals surface area contributed by atoms with Crippen molar-refractivity contribution < 1.29 is 0 Å². The van der Waals surface area contributed by atoms with E-state index in [0.717, 1.165) is 0 Å². The van der Waals surface area contributed by atoms with E-state index in [1.165, 1.54) is 11.3 Å². The van der Waals surface area contributed by atoms with Crippen LogP contribution in [0.25, 0.3) is 0 Å². The highest BCUT2D eigenvalue weighted by Crippen LogP contribution is 2.26. The fourth-order valence-corrected chi connectivity index (χ4v) is 1.88. The molecule has 0 aliphatic rings. The quantitative estimate of drug-likeness (QED) is 0.826. The zero-order valence-electron chi connectivity index (χ0n) is 10.7. The molecule has 1 aromatic heterocycles. The number of hydrogen-bond acceptors (Lipinski definition) is 2. The van der Waals surface area contributed by atoms with E-state index in [2.05, 4.69) is 49.7 Å². The Morgan fingerprint density at radius 1 is 1.20 bits per heavy atom. The van der Waals surface area contributed by atoms with Crippen LogP contribution in [0.15, 0.2) is 6.20 Å². The highest BCUT2D eigenvalue weighted by atomic mass is 15.3. The van der Waals surface area contributed by atoms with Gasteiger partial charge in [-0.3, -0.25) is 4.68 Å². The number of rotatable bonds is 4. The maximum absolute atomic E-state index is 4.48. The van der Waals surface area contributed by atoms with Gasteiger partial charge in [-0.2, -0.15) is 5.10 Å². The normalized spacial score (nSPS) is 13.9. The summed E-state index contributed by atoms with van der Waals surface area (Å²) in [4.78, 5) is 0. The van der Waals surface area contributed by atoms with Gasteiger partial charge in [0.1, 0.15) is 0 Å². The Bertz CT molecular complexity index is 313. The first-order chi connectivity index (χ1) is 6.99. The Kier molecular flexibility index (Phi) is 3.91. The first-order valence-electron chi connectivity index (χ1n) is 5.73. The first kappa shape index (κ1) is 12.2. The van der Waals surface area contributed by atoms with Gasteiger partial charge >= 0.3 is 0 Å². The Morgan fingerprint density at radius 3 is 2.20 bits per heavy atom. The molecule has 0 saturated carbocycles. The van der Waals surface area contributed by atoms with Crippen molar-refractivity contribution in [2.45, 2.75) is 52.6 Å². The summed E-state index contributed by atoms with van der Waals surface area (Å²) in [5, 5.41) is 7.76. The molecule has 0 aliphatic carbocycles. The lowest BCUT2D eigenvalue weighted by atomic mass is 10.0. The van der Waals surface area contributed by atoms with Crippen LogP contribution in [0.1, 0.15) is 63.9 Å². The van der Waals surface area contributed by atoms with Crippen LogP contribution in [0, 0.1) is 0 Å². The van der Waals surface area contributed by atoms with Crippen LogP contribution in [-0.2, 0) is 0 Å². The minimum Gasteiger partial charge on any atom is -0.313 e. The van der Waals surface area contributed by atoms with Gasteiger partial charge in [-0.1, -0.05) is 13.8 Å². The van der Waals surface area contributed by atoms with E-state index in [0.29, 0.717) is 18.0 Å². The van der Waals surface area contributed by atoms with Crippen LogP contribution in [-0.4, -0.2) is 16.8 Å². The van der Waals surface area contributed by atoms with Gasteiger partial charge in [0.2, 0.25) is 0 Å². The predicted octanol–water partition coefficient (Wildman–Crippen LogP) is 2.87. The smallest absolute Gasteiger partial charge is 0.0540 e. The molecule has 1 unspecified atom stereocenters. The third-order valence-corrected chi connectivity index (χ3v) is 2.80. The number of nitrogens with one attached hydrogen (secondary N) is 1. The molecule has 0 spiro atoms. The van der Waals surface area contributed by atoms with Crippen molar-refractivity contribution >= 4 is 0 Å². The molecule has 3 nitrogen and oxygen atoms in total. The van der Waals surface area contributed by atoms with Gasteiger partial charge in [0.15, 0.2) is 0 Å². The summed E-state index contributed by atoms with van der Waals surface area (Å²) in [6, 6.07) is 0.801. The standard InChI is InChI=1S/C12H23N3/c1-8(2)12-11(10(5)13-6)7-14-15(12)9(3)4/h7-10,13H,1-6H3. The molecule has 1 rings (SSSR count). The highest BCUT2D eigenvalue weighted by molar-refractivity contribution is 5.24. The number of nitrogens with zero attached hydrogens (tertiary/aromatic N) is 2. The number of hydrogen-bond donors (Lipinski definition) is 1. The molecule has 0 saturated heterocycles. The van der Waals surface area contributed by atoms with Gasteiger partial charge in [0, 0.05) is 23.3 Å². The second kappa shape index (κ2) is 4.79. The van der Waals surface area contributed by atoms with E-state index < -0.39 is 0 Å². The monoisotopic (exact) mass is 209 g/mol. The van der Waals surface area contributed by atoms with Crippen LogP contribution >= 0.6 is 0 Å². The van der Waals surface area contributed by atoms with Gasteiger partial charge in [-0.05, 0) is 33.7 Å². The minimum absolute atomic E-state index is 0.370. The van der Waals surface area contributed by atoms with Crippen molar-refractivity contribution in [1.82, 2.24) is 15.1 Å². The lowest BCUT2D eigenvalue weighted by molar-refractivity contribution is 0.493. The summed E-state index contributed by atoms with van der Waals surface area (Å²) >= 11 is 0. The van der Waals surface area contributed by atoms with E-state index >= 15 is 0 Å². The molecule has 15 heavy (non-hydrogen) atoms. The Labute approximate surface area is 92.9 Å². The fraction of sp³-hybridized carbons (Fsp3) is 0.750. The van der Waals surface area contributed by atoms with Crippen molar-refractivity contribution in [2.75, 3.05) is 7.05 Å². The second-order valence-corrected chi connectivity index (χ2v) is 4.69. The third kappa shape index (κ3) is 2.40. The van der Waals surface area contributed by atoms with Crippen molar-refractivity contribution in [2.24, 2.45) is 0 Å². The molecule has 0 aromatic carbocycles. The Hall–Kier alpha value is -0.830. The summed E-state index contributed by atoms with van der Waals surface area (Å²) in [7, 11) is 1.99. The summed E-state index contributed by atoms with van der Waals surface area (Å²) in [6.07, 6.45) is 2.00. The summed E-state index contributed by atoms with van der Waals surface area (Å²) in [5.41, 5.74) is 2.67. The maximum atomic E-state index is 4.48. The van der Waals surface area contributed by atoms with Crippen LogP contribution in [0.3, 0.4) is 0 Å². The topological polar surface area (TPSA) is 29.9 Å². The molecule has 0 bridgehead atoms. The molecule has 0 amide bonds. The number of aromatic nitrogens is 2. The average molecular weight is 209 g/mol. The van der Waals surface area contributed by atoms with Crippen LogP contribution in [0.4, 0.5) is 0 Å². The molecule has 1 aromatic rings. The molecular formula is C12H23N3. The molecule has 1 heterocycles. The van der Waals surface area contributed by atoms with E-state index in [9.17, 15) is 0 Å². The molecule has 86 valence electrons. The molecule has 0 fully saturated rings. The summed E-state index contributed by atoms with van der Waals surface area (Å²) < 4.78 is 2.13. The van der Waals surface area contributed by atoms with Gasteiger partial charge < -0.3 is 5.32 Å². The molecule has 1 N–H and O–H groups in total. The van der Waals surface area contributed by atoms with Crippen molar-refractivity contribution in [3.8, 4) is 0 Å². The van der Waals surface area contributed by atoms with Gasteiger partial charge in [-0.15, -0.1) is 0 Å². The predicted molar refractivity (Wildman–Crippen MR) is 64.2 cm³/mol. The first-order valence-corrected chi connectivity index (χ1v) is 5.73. The molecule has 0 radical (unpaired) electrons. The van der Waals surface area contributed by atoms with Crippen molar-refractivity contribution in [3.05, 3.63) is 17.5 Å². The summed E-state index contributed by atoms with van der Waals surface area (Å²) in [6.45, 7) is 11.0. The van der Waals surface area contributed by atoms with Gasteiger partial charge in [-0.25, -0.2) is 0 Å². The molecule has 0 aliphatic heterocycles. The van der Waals surface area contributed by atoms with E-state index in [-0.39, 0.29) is 0 Å². The van der Waals surface area contributed by atoms with Crippen molar-refractivity contribution in [3.63, 3.8) is 0 Å². The van der Waals surface area contributed by atoms with Gasteiger partial charge in [0.05, 0.1) is 6.20 Å². The lowest BCUT2D eigenvalue weighted by Crippen LogP contribution is -2.16. The van der Waals surface area contributed by atoms with E-state index in [1.54, 1.807) is 0 Å². The largest absolute Gasteiger partial charge is 0.313 e. The maximum Gasteiger partial charge on any atom is 0.0540 e. The van der Waals surface area contributed by atoms with Gasteiger partial charge in [0.25, 0.3) is 0 Å². The molecular weight excluding hydrogens is 186 g/mol. The van der Waals surface area contributed by atoms with Crippen LogP contribution < -0.4 is 5.32 Å². The zero-order valence-corrected chi connectivity index (χ0v) is 10.7. The van der Waals surface area contributed by atoms with E-state index in [1.807, 2.05) is 13.2 Å². The third-order valence-electron chi connectivity index (χ3n) is 2.80. The molecule has 3 heteroatoms. The van der Waals surface area contributed by atoms with Crippen LogP contribution in [0.2, 0.25) is 0 Å². The van der Waals surface area contributed by atoms with Crippen LogP contribution in [0.5, 0.6) is 0 Å². The highest BCUT2D eigenvalue weighted by Gasteiger charge is 2.18. The molecule has 1 atom stereocenters. The Balaban J connectivity index is 3.18. The zero-order chi connectivity index (χ0) is 11.6. The lowest BCUT2D eigenvalue weighted by Gasteiger charge is -2.18. The fourth-order valence-electron chi connectivity index (χ4n) is 1.88.